The summed E-state index contributed by atoms with van der Waals surface area (Å²) in [4.78, 5) is 29.6. The van der Waals surface area contributed by atoms with E-state index in [1.165, 1.54) is 0 Å². The number of urea groups is 1. The predicted octanol–water partition coefficient (Wildman–Crippen LogP) is 1.04. The summed E-state index contributed by atoms with van der Waals surface area (Å²) in [6.45, 7) is 0.522. The number of carbonyl (C=O) groups is 2. The quantitative estimate of drug-likeness (QED) is 0.836. The summed E-state index contributed by atoms with van der Waals surface area (Å²) < 4.78 is 3.41. The Morgan fingerprint density at radius 3 is 2.38 bits per heavy atom. The van der Waals surface area contributed by atoms with Crippen LogP contribution in [0.25, 0.3) is 0 Å². The van der Waals surface area contributed by atoms with Gasteiger partial charge in [-0.2, -0.15) is 4.48 Å². The molecule has 3 amide bonds. The van der Waals surface area contributed by atoms with E-state index in [2.05, 4.69) is 4.99 Å². The van der Waals surface area contributed by atoms with Gasteiger partial charge in [-0.05, 0) is 12.1 Å². The van der Waals surface area contributed by atoms with E-state index in [-0.39, 0.29) is 10.5 Å². The number of primary amides is 1. The second-order valence-corrected chi connectivity index (χ2v) is 6.20. The van der Waals surface area contributed by atoms with Crippen LogP contribution in [0.15, 0.2) is 47.7 Å². The first-order chi connectivity index (χ1) is 11.5. The Kier molecular flexibility index (Phi) is 4.11. The van der Waals surface area contributed by atoms with Crippen molar-refractivity contribution < 1.29 is 9.59 Å². The maximum atomic E-state index is 13.2. The summed E-state index contributed by atoms with van der Waals surface area (Å²) in [5, 5.41) is 0. The van der Waals surface area contributed by atoms with Crippen molar-refractivity contribution in [3.8, 4) is 0 Å². The normalized spacial score (nSPS) is 23.2. The molecule has 0 bridgehead atoms. The smallest absolute Gasteiger partial charge is 0.364 e. The van der Waals surface area contributed by atoms with Gasteiger partial charge in [0.2, 0.25) is 5.62 Å². The zero-order valence-corrected chi connectivity index (χ0v) is 13.9. The Morgan fingerprint density at radius 1 is 1.17 bits per heavy atom. The molecule has 0 saturated carbocycles. The number of para-hydroxylation sites is 1. The Balaban J connectivity index is 2.18. The van der Waals surface area contributed by atoms with E-state index in [0.717, 1.165) is 12.1 Å². The van der Waals surface area contributed by atoms with E-state index in [1.54, 1.807) is 9.13 Å². The van der Waals surface area contributed by atoms with Gasteiger partial charge in [0.05, 0.1) is 6.54 Å². The summed E-state index contributed by atoms with van der Waals surface area (Å²) in [6, 6.07) is 8.38. The number of rotatable bonds is 2. The lowest BCUT2D eigenvalue weighted by Gasteiger charge is -2.33. The highest BCUT2D eigenvalue weighted by atomic mass is 16.2. The van der Waals surface area contributed by atoms with Crippen LogP contribution in [0, 0.1) is 0 Å². The highest BCUT2D eigenvalue weighted by Crippen LogP contribution is 2.35. The summed E-state index contributed by atoms with van der Waals surface area (Å²) in [7, 11) is 3.66. The topological polar surface area (TPSA) is 82.4 Å². The molecule has 2 N–H and O–H groups in total. The highest BCUT2D eigenvalue weighted by Gasteiger charge is 2.53. The molecular weight excluding hydrogens is 306 g/mol. The van der Waals surface area contributed by atoms with Crippen molar-refractivity contribution in [2.24, 2.45) is 24.8 Å². The van der Waals surface area contributed by atoms with Crippen LogP contribution in [0.3, 0.4) is 0 Å². The van der Waals surface area contributed by atoms with Crippen LogP contribution < -0.4 is 15.8 Å². The minimum absolute atomic E-state index is 0.138. The number of nitrogens with two attached hydrogens (primary N) is 1. The molecule has 1 aliphatic rings. The average molecular weight is 328 g/mol. The van der Waals surface area contributed by atoms with Gasteiger partial charge in [-0.15, -0.1) is 4.99 Å². The minimum Gasteiger partial charge on any atom is -0.364 e. The first kappa shape index (κ1) is 16.2. The van der Waals surface area contributed by atoms with Crippen molar-refractivity contribution >= 4 is 17.6 Å². The molecule has 0 radical (unpaired) electrons. The number of benzene rings is 1. The van der Waals surface area contributed by atoms with Gasteiger partial charge in [0.25, 0.3) is 5.91 Å². The largest absolute Gasteiger partial charge is 0.451 e. The number of likely N-dealkylation sites (tertiary alicyclic amines) is 1. The second-order valence-electron chi connectivity index (χ2n) is 6.20. The Labute approximate surface area is 140 Å². The molecule has 7 nitrogen and oxygen atoms in total. The Morgan fingerprint density at radius 2 is 1.79 bits per heavy atom. The predicted molar refractivity (Wildman–Crippen MR) is 90.7 cm³/mol. The van der Waals surface area contributed by atoms with Crippen LogP contribution in [-0.4, -0.2) is 33.7 Å². The lowest BCUT2D eigenvalue weighted by molar-refractivity contribution is -0.121. The SMILES string of the molecule is Cn1ccn(C)c1=NC(=O)[N+]1(c2ccccc2)CCCC1C(N)=O. The molecule has 3 rings (SSSR count). The Hall–Kier alpha value is -2.67. The summed E-state index contributed by atoms with van der Waals surface area (Å²) in [6.07, 6.45) is 5.00. The summed E-state index contributed by atoms with van der Waals surface area (Å²) >= 11 is 0. The molecule has 2 heterocycles. The van der Waals surface area contributed by atoms with E-state index in [1.807, 2.05) is 56.8 Å². The molecule has 0 aliphatic carbocycles. The number of aryl methyl sites for hydroxylation is 2. The number of aromatic nitrogens is 2. The zero-order chi connectivity index (χ0) is 17.3. The van der Waals surface area contributed by atoms with Gasteiger partial charge in [-0.3, -0.25) is 4.79 Å². The molecule has 2 unspecified atom stereocenters. The van der Waals surface area contributed by atoms with E-state index >= 15 is 0 Å². The average Bonchev–Trinajstić information content (AvgIpc) is 3.15. The van der Waals surface area contributed by atoms with Crippen LogP contribution in [0.1, 0.15) is 12.8 Å². The van der Waals surface area contributed by atoms with Gasteiger partial charge in [-0.1, -0.05) is 18.2 Å². The van der Waals surface area contributed by atoms with Crippen molar-refractivity contribution in [1.82, 2.24) is 13.6 Å². The third-order valence-electron chi connectivity index (χ3n) is 4.75. The fourth-order valence-electron chi connectivity index (χ4n) is 3.53. The van der Waals surface area contributed by atoms with E-state index in [0.29, 0.717) is 18.6 Å². The van der Waals surface area contributed by atoms with E-state index in [4.69, 9.17) is 5.73 Å². The van der Waals surface area contributed by atoms with Gasteiger partial charge in [0.1, 0.15) is 5.69 Å². The molecule has 1 aliphatic heterocycles. The van der Waals surface area contributed by atoms with Gasteiger partial charge >= 0.3 is 6.03 Å². The summed E-state index contributed by atoms with van der Waals surface area (Å²) in [5.41, 5.74) is 6.91. The van der Waals surface area contributed by atoms with Crippen LogP contribution in [0.5, 0.6) is 0 Å². The monoisotopic (exact) mass is 328 g/mol. The van der Waals surface area contributed by atoms with Crippen LogP contribution in [0.2, 0.25) is 0 Å². The molecule has 1 saturated heterocycles. The molecule has 1 aromatic carbocycles. The highest BCUT2D eigenvalue weighted by molar-refractivity contribution is 5.96. The number of imidazole rings is 1. The molecule has 0 spiro atoms. The van der Waals surface area contributed by atoms with Crippen LogP contribution in [-0.2, 0) is 18.9 Å². The molecule has 1 fully saturated rings. The minimum atomic E-state index is -0.589. The van der Waals surface area contributed by atoms with Crippen LogP contribution in [0.4, 0.5) is 10.5 Å². The fraction of sp³-hybridized carbons (Fsp3) is 0.353. The van der Waals surface area contributed by atoms with Crippen molar-refractivity contribution in [1.29, 1.82) is 0 Å². The summed E-state index contributed by atoms with van der Waals surface area (Å²) in [5.74, 6) is -0.462. The number of nitrogens with zero attached hydrogens (tertiary/aromatic N) is 4. The number of hydrogen-bond donors (Lipinski definition) is 1. The van der Waals surface area contributed by atoms with Crippen molar-refractivity contribution in [2.45, 2.75) is 18.9 Å². The third kappa shape index (κ3) is 2.46. The number of quaternary nitrogens is 1. The van der Waals surface area contributed by atoms with Crippen molar-refractivity contribution in [2.75, 3.05) is 6.54 Å². The lowest BCUT2D eigenvalue weighted by Crippen LogP contribution is -2.61. The van der Waals surface area contributed by atoms with Gasteiger partial charge in [0.15, 0.2) is 6.04 Å². The van der Waals surface area contributed by atoms with Crippen molar-refractivity contribution in [3.63, 3.8) is 0 Å². The Bertz CT molecular complexity index is 814. The molecule has 7 heteroatoms. The first-order valence-electron chi connectivity index (χ1n) is 7.96. The fourth-order valence-corrected chi connectivity index (χ4v) is 3.53. The number of carbonyl (C=O) groups excluding carboxylic acids is 2. The second kappa shape index (κ2) is 6.09. The van der Waals surface area contributed by atoms with E-state index < -0.39 is 11.9 Å². The zero-order valence-electron chi connectivity index (χ0n) is 13.9. The molecule has 24 heavy (non-hydrogen) atoms. The number of amides is 3. The van der Waals surface area contributed by atoms with Crippen molar-refractivity contribution in [3.05, 3.63) is 48.3 Å². The van der Waals surface area contributed by atoms with Gasteiger partial charge in [-0.25, -0.2) is 4.79 Å². The number of hydrogen-bond acceptors (Lipinski definition) is 2. The van der Waals surface area contributed by atoms with Gasteiger partial charge in [0, 0.05) is 39.3 Å². The maximum absolute atomic E-state index is 13.2. The van der Waals surface area contributed by atoms with E-state index in [9.17, 15) is 9.59 Å². The third-order valence-corrected chi connectivity index (χ3v) is 4.75. The molecule has 2 aromatic rings. The van der Waals surface area contributed by atoms with Crippen LogP contribution >= 0.6 is 0 Å². The van der Waals surface area contributed by atoms with Gasteiger partial charge < -0.3 is 14.9 Å². The molecule has 126 valence electrons. The molecular formula is C17H22N5O2+. The molecule has 1 aromatic heterocycles. The first-order valence-corrected chi connectivity index (χ1v) is 7.96. The standard InChI is InChI=1S/C17H21N5O2/c1-20-10-11-21(2)16(20)19-17(24)22(13-7-4-3-5-8-13)12-6-9-14(22)15(18)23/h3-5,7-8,10-11,14H,6,9,12H2,1-2H3,(H-,18,23)/p+1. The molecule has 2 atom stereocenters. The lowest BCUT2D eigenvalue weighted by atomic mass is 10.1. The maximum Gasteiger partial charge on any atom is 0.451 e.